The fourth-order valence-electron chi connectivity index (χ4n) is 1.69. The van der Waals surface area contributed by atoms with Gasteiger partial charge in [-0.3, -0.25) is 0 Å². The molecule has 0 amide bonds. The van der Waals surface area contributed by atoms with Gasteiger partial charge in [0.15, 0.2) is 0 Å². The fourth-order valence-corrected chi connectivity index (χ4v) is 1.69. The summed E-state index contributed by atoms with van der Waals surface area (Å²) in [6.45, 7) is 0. The van der Waals surface area contributed by atoms with Crippen molar-refractivity contribution in [3.8, 4) is 6.07 Å². The summed E-state index contributed by atoms with van der Waals surface area (Å²) in [5.41, 5.74) is 8.30. The zero-order valence-corrected chi connectivity index (χ0v) is 10.5. The highest BCUT2D eigenvalue weighted by Gasteiger charge is 2.04. The van der Waals surface area contributed by atoms with Crippen molar-refractivity contribution in [3.05, 3.63) is 66.2 Å². The van der Waals surface area contributed by atoms with E-state index in [1.54, 1.807) is 6.07 Å². The number of nitrogens with one attached hydrogen (secondary N) is 1. The largest absolute Gasteiger partial charge is 0.397 e. The molecule has 3 heteroatoms. The number of para-hydroxylation sites is 2. The maximum Gasteiger partial charge on any atom is 0.133 e. The number of hydrogen-bond donors (Lipinski definition) is 2. The van der Waals surface area contributed by atoms with Gasteiger partial charge in [0.05, 0.1) is 17.4 Å². The minimum absolute atomic E-state index is 0.412. The Bertz CT molecular complexity index is 597. The minimum atomic E-state index is -0.412. The molecule has 94 valence electrons. The summed E-state index contributed by atoms with van der Waals surface area (Å²) in [6, 6.07) is 19.0. The van der Waals surface area contributed by atoms with E-state index in [2.05, 4.69) is 11.4 Å². The monoisotopic (exact) mass is 249 g/mol. The molecule has 0 aliphatic heterocycles. The zero-order chi connectivity index (χ0) is 13.5. The van der Waals surface area contributed by atoms with Gasteiger partial charge < -0.3 is 11.1 Å². The topological polar surface area (TPSA) is 61.8 Å². The van der Waals surface area contributed by atoms with Crippen LogP contribution in [0.5, 0.6) is 0 Å². The second-order valence-corrected chi connectivity index (χ2v) is 4.11. The normalized spacial score (nSPS) is 11.9. The van der Waals surface area contributed by atoms with E-state index >= 15 is 0 Å². The van der Waals surface area contributed by atoms with Gasteiger partial charge >= 0.3 is 0 Å². The molecule has 0 radical (unpaired) electrons. The first-order valence-corrected chi connectivity index (χ1v) is 6.03. The minimum Gasteiger partial charge on any atom is -0.397 e. The quantitative estimate of drug-likeness (QED) is 0.817. The third-order valence-electron chi connectivity index (χ3n) is 2.69. The first kappa shape index (κ1) is 12.7. The Morgan fingerprint density at radius 3 is 2.42 bits per heavy atom. The predicted octanol–water partition coefficient (Wildman–Crippen LogP) is 3.29. The van der Waals surface area contributed by atoms with Crippen LogP contribution in [-0.2, 0) is 0 Å². The molecule has 2 aromatic carbocycles. The fraction of sp³-hybridized carbons (Fsp3) is 0.0625. The van der Waals surface area contributed by atoms with Crippen molar-refractivity contribution < 1.29 is 0 Å². The third kappa shape index (κ3) is 3.62. The summed E-state index contributed by atoms with van der Waals surface area (Å²) >= 11 is 0. The van der Waals surface area contributed by atoms with Crippen LogP contribution in [-0.4, -0.2) is 6.04 Å². The molecule has 0 aromatic heterocycles. The van der Waals surface area contributed by atoms with Crippen molar-refractivity contribution in [2.45, 2.75) is 6.04 Å². The Morgan fingerprint density at radius 2 is 1.74 bits per heavy atom. The molecule has 0 spiro atoms. The highest BCUT2D eigenvalue weighted by atomic mass is 14.9. The van der Waals surface area contributed by atoms with Gasteiger partial charge in [-0.1, -0.05) is 48.5 Å². The van der Waals surface area contributed by atoms with E-state index in [1.165, 1.54) is 0 Å². The van der Waals surface area contributed by atoms with Gasteiger partial charge in [-0.05, 0) is 23.8 Å². The van der Waals surface area contributed by atoms with Crippen LogP contribution in [0.4, 0.5) is 11.4 Å². The highest BCUT2D eigenvalue weighted by molar-refractivity contribution is 5.67. The molecular formula is C16H15N3. The number of nitrogens with two attached hydrogens (primary N) is 1. The van der Waals surface area contributed by atoms with E-state index in [4.69, 9.17) is 11.0 Å². The van der Waals surface area contributed by atoms with Crippen molar-refractivity contribution in [1.82, 2.24) is 0 Å². The number of anilines is 2. The van der Waals surface area contributed by atoms with Gasteiger partial charge in [-0.2, -0.15) is 5.26 Å². The molecule has 0 heterocycles. The van der Waals surface area contributed by atoms with Crippen LogP contribution in [0.1, 0.15) is 5.56 Å². The SMILES string of the molecule is N#CC(/C=C/c1ccccc1)Nc1ccccc1N. The summed E-state index contributed by atoms with van der Waals surface area (Å²) in [5.74, 6) is 0. The molecule has 0 bridgehead atoms. The van der Waals surface area contributed by atoms with Gasteiger partial charge in [0.1, 0.15) is 6.04 Å². The Morgan fingerprint density at radius 1 is 1.05 bits per heavy atom. The molecule has 0 saturated carbocycles. The second kappa shape index (κ2) is 6.27. The van der Waals surface area contributed by atoms with Crippen LogP contribution in [0.25, 0.3) is 6.08 Å². The number of nitriles is 1. The predicted molar refractivity (Wildman–Crippen MR) is 79.4 cm³/mol. The van der Waals surface area contributed by atoms with Gasteiger partial charge in [-0.25, -0.2) is 0 Å². The third-order valence-corrected chi connectivity index (χ3v) is 2.69. The van der Waals surface area contributed by atoms with Crippen LogP contribution in [0.2, 0.25) is 0 Å². The van der Waals surface area contributed by atoms with E-state index in [9.17, 15) is 0 Å². The first-order valence-electron chi connectivity index (χ1n) is 6.03. The zero-order valence-electron chi connectivity index (χ0n) is 10.5. The van der Waals surface area contributed by atoms with E-state index in [-0.39, 0.29) is 0 Å². The van der Waals surface area contributed by atoms with Crippen LogP contribution in [0, 0.1) is 11.3 Å². The molecule has 0 saturated heterocycles. The van der Waals surface area contributed by atoms with Crippen molar-refractivity contribution in [2.75, 3.05) is 11.1 Å². The Balaban J connectivity index is 2.08. The van der Waals surface area contributed by atoms with Gasteiger partial charge in [-0.15, -0.1) is 0 Å². The molecule has 2 aromatic rings. The maximum atomic E-state index is 9.15. The van der Waals surface area contributed by atoms with Crippen LogP contribution >= 0.6 is 0 Å². The summed E-state index contributed by atoms with van der Waals surface area (Å²) in [7, 11) is 0. The molecule has 1 unspecified atom stereocenters. The lowest BCUT2D eigenvalue weighted by atomic mass is 10.1. The molecule has 2 rings (SSSR count). The highest BCUT2D eigenvalue weighted by Crippen LogP contribution is 2.18. The van der Waals surface area contributed by atoms with Gasteiger partial charge in [0, 0.05) is 0 Å². The maximum absolute atomic E-state index is 9.15. The van der Waals surface area contributed by atoms with E-state index in [0.717, 1.165) is 11.3 Å². The van der Waals surface area contributed by atoms with E-state index in [0.29, 0.717) is 5.69 Å². The average Bonchev–Trinajstić information content (AvgIpc) is 2.46. The summed E-state index contributed by atoms with van der Waals surface area (Å²) in [5, 5.41) is 12.2. The lowest BCUT2D eigenvalue weighted by Crippen LogP contribution is -2.14. The van der Waals surface area contributed by atoms with Crippen LogP contribution < -0.4 is 11.1 Å². The lowest BCUT2D eigenvalue weighted by Gasteiger charge is -2.11. The molecular weight excluding hydrogens is 234 g/mol. The standard InChI is InChI=1S/C16H15N3/c17-12-14(11-10-13-6-2-1-3-7-13)19-16-9-5-4-8-15(16)18/h1-11,14,19H,18H2/b11-10+. The summed E-state index contributed by atoms with van der Waals surface area (Å²) in [4.78, 5) is 0. The first-order chi connectivity index (χ1) is 9.29. The Kier molecular flexibility index (Phi) is 4.20. The summed E-state index contributed by atoms with van der Waals surface area (Å²) < 4.78 is 0. The summed E-state index contributed by atoms with van der Waals surface area (Å²) in [6.07, 6.45) is 3.74. The molecule has 1 atom stereocenters. The van der Waals surface area contributed by atoms with Crippen LogP contribution in [0.15, 0.2) is 60.7 Å². The van der Waals surface area contributed by atoms with Crippen molar-refractivity contribution >= 4 is 17.5 Å². The van der Waals surface area contributed by atoms with Crippen molar-refractivity contribution in [2.24, 2.45) is 0 Å². The van der Waals surface area contributed by atoms with Gasteiger partial charge in [0.25, 0.3) is 0 Å². The Labute approximate surface area is 113 Å². The number of nitrogen functional groups attached to an aromatic ring is 1. The van der Waals surface area contributed by atoms with Crippen LogP contribution in [0.3, 0.4) is 0 Å². The average molecular weight is 249 g/mol. The molecule has 0 aliphatic rings. The van der Waals surface area contributed by atoms with E-state index in [1.807, 2.05) is 60.7 Å². The number of benzene rings is 2. The van der Waals surface area contributed by atoms with E-state index < -0.39 is 6.04 Å². The number of hydrogen-bond acceptors (Lipinski definition) is 3. The number of rotatable bonds is 4. The lowest BCUT2D eigenvalue weighted by molar-refractivity contribution is 1.12. The van der Waals surface area contributed by atoms with Crippen molar-refractivity contribution in [3.63, 3.8) is 0 Å². The molecule has 0 fully saturated rings. The molecule has 3 nitrogen and oxygen atoms in total. The smallest absolute Gasteiger partial charge is 0.133 e. The van der Waals surface area contributed by atoms with Gasteiger partial charge in [0.2, 0.25) is 0 Å². The number of nitrogens with zero attached hydrogens (tertiary/aromatic N) is 1. The van der Waals surface area contributed by atoms with Crippen molar-refractivity contribution in [1.29, 1.82) is 5.26 Å². The molecule has 3 N–H and O–H groups in total. The molecule has 0 aliphatic carbocycles. The molecule has 19 heavy (non-hydrogen) atoms. The second-order valence-electron chi connectivity index (χ2n) is 4.11. The Hall–Kier alpha value is -2.73.